The maximum atomic E-state index is 12.2. The van der Waals surface area contributed by atoms with E-state index in [0.717, 1.165) is 31.6 Å². The quantitative estimate of drug-likeness (QED) is 0.793. The van der Waals surface area contributed by atoms with E-state index in [0.29, 0.717) is 13.0 Å². The summed E-state index contributed by atoms with van der Waals surface area (Å²) in [5.74, 6) is 0.841. The second-order valence-electron chi connectivity index (χ2n) is 4.63. The fourth-order valence-electron chi connectivity index (χ4n) is 2.17. The summed E-state index contributed by atoms with van der Waals surface area (Å²) in [6, 6.07) is 0. The molecular weight excluding hydrogens is 218 g/mol. The first-order chi connectivity index (χ1) is 8.15. The number of ether oxygens (including phenoxy) is 1. The van der Waals surface area contributed by atoms with Crippen LogP contribution in [0.1, 0.15) is 38.9 Å². The van der Waals surface area contributed by atoms with Gasteiger partial charge in [0, 0.05) is 13.2 Å². The Morgan fingerprint density at radius 3 is 3.06 bits per heavy atom. The van der Waals surface area contributed by atoms with Crippen LogP contribution in [0.2, 0.25) is 0 Å². The number of hydrogen-bond donors (Lipinski definition) is 0. The Balaban J connectivity index is 2.05. The lowest BCUT2D eigenvalue weighted by molar-refractivity contribution is -0.147. The molecule has 0 spiro atoms. The third-order valence-corrected chi connectivity index (χ3v) is 3.37. The molecule has 0 bridgehead atoms. The van der Waals surface area contributed by atoms with Crippen molar-refractivity contribution < 1.29 is 9.53 Å². The van der Waals surface area contributed by atoms with E-state index >= 15 is 0 Å². The highest BCUT2D eigenvalue weighted by Gasteiger charge is 2.36. The zero-order valence-electron chi connectivity index (χ0n) is 10.5. The summed E-state index contributed by atoms with van der Waals surface area (Å²) in [5.41, 5.74) is -0.622. The van der Waals surface area contributed by atoms with Gasteiger partial charge in [-0.1, -0.05) is 0 Å². The number of aryl methyl sites for hydroxylation is 1. The van der Waals surface area contributed by atoms with E-state index in [1.807, 2.05) is 13.8 Å². The van der Waals surface area contributed by atoms with Crippen LogP contribution in [0.25, 0.3) is 0 Å². The largest absolute Gasteiger partial charge is 0.367 e. The molecule has 1 atom stereocenters. The molecule has 94 valence electrons. The number of nitrogens with zero attached hydrogens (tertiary/aromatic N) is 3. The van der Waals surface area contributed by atoms with E-state index in [1.54, 1.807) is 4.68 Å². The Bertz CT molecular complexity index is 394. The van der Waals surface area contributed by atoms with Crippen LogP contribution in [0.4, 0.5) is 0 Å². The second-order valence-corrected chi connectivity index (χ2v) is 4.63. The van der Waals surface area contributed by atoms with E-state index < -0.39 is 5.60 Å². The van der Waals surface area contributed by atoms with Gasteiger partial charge in [-0.15, -0.1) is 0 Å². The number of Topliss-reactive ketones (excluding diaryl/α,β-unsaturated/α-hetero) is 1. The van der Waals surface area contributed by atoms with Crippen molar-refractivity contribution in [2.24, 2.45) is 0 Å². The normalized spacial score (nSPS) is 24.8. The molecular formula is C12H19N3O2. The van der Waals surface area contributed by atoms with E-state index in [2.05, 4.69) is 10.1 Å². The number of carbonyl (C=O) groups is 1. The monoisotopic (exact) mass is 237 g/mol. The van der Waals surface area contributed by atoms with Gasteiger partial charge in [0.05, 0.1) is 6.42 Å². The van der Waals surface area contributed by atoms with Crippen molar-refractivity contribution in [3.8, 4) is 0 Å². The van der Waals surface area contributed by atoms with Crippen LogP contribution >= 0.6 is 0 Å². The molecule has 0 aliphatic carbocycles. The molecule has 1 unspecified atom stereocenters. The molecule has 1 saturated heterocycles. The van der Waals surface area contributed by atoms with Crippen molar-refractivity contribution in [1.82, 2.24) is 14.8 Å². The summed E-state index contributed by atoms with van der Waals surface area (Å²) in [6.07, 6.45) is 4.73. The van der Waals surface area contributed by atoms with Crippen molar-refractivity contribution in [2.45, 2.75) is 51.7 Å². The highest BCUT2D eigenvalue weighted by Crippen LogP contribution is 2.26. The smallest absolute Gasteiger partial charge is 0.171 e. The molecule has 5 heteroatoms. The average molecular weight is 237 g/mol. The topological polar surface area (TPSA) is 57.0 Å². The predicted molar refractivity (Wildman–Crippen MR) is 62.6 cm³/mol. The Kier molecular flexibility index (Phi) is 3.57. The minimum absolute atomic E-state index is 0.111. The second kappa shape index (κ2) is 4.96. The molecule has 0 aromatic carbocycles. The summed E-state index contributed by atoms with van der Waals surface area (Å²) in [4.78, 5) is 16.4. The van der Waals surface area contributed by atoms with Gasteiger partial charge in [-0.25, -0.2) is 9.67 Å². The first kappa shape index (κ1) is 12.2. The summed E-state index contributed by atoms with van der Waals surface area (Å²) < 4.78 is 7.40. The summed E-state index contributed by atoms with van der Waals surface area (Å²) >= 11 is 0. The Hall–Kier alpha value is -1.23. The molecule has 0 saturated carbocycles. The molecule has 1 aromatic rings. The van der Waals surface area contributed by atoms with Crippen molar-refractivity contribution in [2.75, 3.05) is 6.61 Å². The minimum Gasteiger partial charge on any atom is -0.367 e. The van der Waals surface area contributed by atoms with Gasteiger partial charge in [-0.3, -0.25) is 4.79 Å². The lowest BCUT2D eigenvalue weighted by atomic mass is 9.90. The van der Waals surface area contributed by atoms with Crippen molar-refractivity contribution in [3.63, 3.8) is 0 Å². The lowest BCUT2D eigenvalue weighted by Crippen LogP contribution is -2.42. The molecule has 1 aromatic heterocycles. The summed E-state index contributed by atoms with van der Waals surface area (Å²) in [6.45, 7) is 5.30. The van der Waals surface area contributed by atoms with Gasteiger partial charge in [0.2, 0.25) is 0 Å². The van der Waals surface area contributed by atoms with Crippen LogP contribution < -0.4 is 0 Å². The van der Waals surface area contributed by atoms with Crippen molar-refractivity contribution in [3.05, 3.63) is 12.2 Å². The molecule has 2 heterocycles. The molecule has 2 rings (SSSR count). The van der Waals surface area contributed by atoms with E-state index in [-0.39, 0.29) is 5.78 Å². The predicted octanol–water partition coefficient (Wildman–Crippen LogP) is 1.37. The number of rotatable bonds is 4. The van der Waals surface area contributed by atoms with Crippen molar-refractivity contribution in [1.29, 1.82) is 0 Å². The first-order valence-corrected chi connectivity index (χ1v) is 6.19. The Labute approximate surface area is 101 Å². The molecule has 1 aliphatic heterocycles. The maximum absolute atomic E-state index is 12.2. The van der Waals surface area contributed by atoms with Crippen molar-refractivity contribution >= 4 is 5.78 Å². The van der Waals surface area contributed by atoms with Gasteiger partial charge in [0.15, 0.2) is 5.78 Å². The van der Waals surface area contributed by atoms with Gasteiger partial charge < -0.3 is 4.74 Å². The molecule has 1 fully saturated rings. The van der Waals surface area contributed by atoms with Crippen LogP contribution in [-0.2, 0) is 22.5 Å². The van der Waals surface area contributed by atoms with Crippen LogP contribution in [-0.4, -0.2) is 32.8 Å². The third-order valence-electron chi connectivity index (χ3n) is 3.37. The fourth-order valence-corrected chi connectivity index (χ4v) is 2.17. The lowest BCUT2D eigenvalue weighted by Gasteiger charge is -2.32. The number of ketones is 1. The van der Waals surface area contributed by atoms with Crippen LogP contribution in [0.3, 0.4) is 0 Å². The number of aromatic nitrogens is 3. The number of carbonyl (C=O) groups excluding carboxylic acids is 1. The van der Waals surface area contributed by atoms with Crippen LogP contribution in [0.15, 0.2) is 6.33 Å². The molecule has 0 amide bonds. The van der Waals surface area contributed by atoms with E-state index in [9.17, 15) is 4.79 Å². The summed E-state index contributed by atoms with van der Waals surface area (Å²) in [7, 11) is 0. The maximum Gasteiger partial charge on any atom is 0.171 e. The standard InChI is InChI=1S/C12H19N3O2/c1-3-15-11(13-9-14-15)8-10(16)12(2)6-4-5-7-17-12/h9H,3-8H2,1-2H3. The Morgan fingerprint density at radius 1 is 1.59 bits per heavy atom. The van der Waals surface area contributed by atoms with Crippen LogP contribution in [0, 0.1) is 0 Å². The van der Waals surface area contributed by atoms with Crippen LogP contribution in [0.5, 0.6) is 0 Å². The molecule has 0 radical (unpaired) electrons. The minimum atomic E-state index is -0.622. The number of hydrogen-bond acceptors (Lipinski definition) is 4. The molecule has 0 N–H and O–H groups in total. The SMILES string of the molecule is CCn1ncnc1CC(=O)C1(C)CCCCO1. The zero-order valence-corrected chi connectivity index (χ0v) is 10.5. The molecule has 17 heavy (non-hydrogen) atoms. The third kappa shape index (κ3) is 2.54. The first-order valence-electron chi connectivity index (χ1n) is 6.19. The van der Waals surface area contributed by atoms with E-state index in [1.165, 1.54) is 6.33 Å². The van der Waals surface area contributed by atoms with Gasteiger partial charge in [-0.05, 0) is 33.1 Å². The Morgan fingerprint density at radius 2 is 2.41 bits per heavy atom. The van der Waals surface area contributed by atoms with Gasteiger partial charge in [0.1, 0.15) is 17.8 Å². The van der Waals surface area contributed by atoms with Gasteiger partial charge in [-0.2, -0.15) is 5.10 Å². The van der Waals surface area contributed by atoms with E-state index in [4.69, 9.17) is 4.74 Å². The van der Waals surface area contributed by atoms with Gasteiger partial charge in [0.25, 0.3) is 0 Å². The molecule has 1 aliphatic rings. The molecule has 5 nitrogen and oxygen atoms in total. The highest BCUT2D eigenvalue weighted by atomic mass is 16.5. The highest BCUT2D eigenvalue weighted by molar-refractivity contribution is 5.88. The van der Waals surface area contributed by atoms with Gasteiger partial charge >= 0.3 is 0 Å². The average Bonchev–Trinajstić information content (AvgIpc) is 2.77. The zero-order chi connectivity index (χ0) is 12.3. The fraction of sp³-hybridized carbons (Fsp3) is 0.750. The summed E-state index contributed by atoms with van der Waals surface area (Å²) in [5, 5.41) is 4.07.